The average molecular weight is 260 g/mol. The Morgan fingerprint density at radius 1 is 1.05 bits per heavy atom. The Labute approximate surface area is 115 Å². The summed E-state index contributed by atoms with van der Waals surface area (Å²) in [6.07, 6.45) is 7.43. The molecule has 1 aromatic heterocycles. The fourth-order valence-electron chi connectivity index (χ4n) is 2.33. The summed E-state index contributed by atoms with van der Waals surface area (Å²) < 4.78 is 12.0. The Morgan fingerprint density at radius 2 is 1.58 bits per heavy atom. The molecule has 5 heteroatoms. The van der Waals surface area contributed by atoms with Crippen LogP contribution in [-0.4, -0.2) is 28.3 Å². The molecular weight excluding hydrogens is 239 g/mol. The van der Waals surface area contributed by atoms with E-state index in [2.05, 4.69) is 37.7 Å². The van der Waals surface area contributed by atoms with Crippen LogP contribution in [-0.2, 0) is 9.31 Å². The van der Waals surface area contributed by atoms with Crippen molar-refractivity contribution in [2.45, 2.75) is 64.1 Å². The highest BCUT2D eigenvalue weighted by atomic mass is 16.7. The van der Waals surface area contributed by atoms with Gasteiger partial charge in [-0.2, -0.15) is 0 Å². The lowest BCUT2D eigenvalue weighted by molar-refractivity contribution is 0.00578. The zero-order chi connectivity index (χ0) is 13.7. The molecule has 1 saturated carbocycles. The second-order valence-corrected chi connectivity index (χ2v) is 6.59. The molecule has 1 aromatic rings. The van der Waals surface area contributed by atoms with Crippen molar-refractivity contribution in [3.8, 4) is 0 Å². The molecule has 3 rings (SSSR count). The van der Waals surface area contributed by atoms with E-state index in [1.54, 1.807) is 0 Å². The van der Waals surface area contributed by atoms with Crippen LogP contribution in [0.4, 0.5) is 0 Å². The minimum Gasteiger partial charge on any atom is -0.399 e. The summed E-state index contributed by atoms with van der Waals surface area (Å²) in [5.41, 5.74) is 0.274. The molecule has 1 aliphatic heterocycles. The van der Waals surface area contributed by atoms with Gasteiger partial charge in [0.1, 0.15) is 5.82 Å². The van der Waals surface area contributed by atoms with Crippen molar-refractivity contribution < 1.29 is 9.31 Å². The fourth-order valence-corrected chi connectivity index (χ4v) is 2.33. The van der Waals surface area contributed by atoms with E-state index in [0.717, 1.165) is 11.3 Å². The zero-order valence-corrected chi connectivity index (χ0v) is 12.1. The molecule has 0 bridgehead atoms. The quantitative estimate of drug-likeness (QED) is 0.763. The van der Waals surface area contributed by atoms with E-state index in [4.69, 9.17) is 9.31 Å². The third-order valence-electron chi connectivity index (χ3n) is 4.69. The molecule has 0 aromatic carbocycles. The lowest BCUT2D eigenvalue weighted by Crippen LogP contribution is -2.41. The summed E-state index contributed by atoms with van der Waals surface area (Å²) >= 11 is 0. The highest BCUT2D eigenvalue weighted by Gasteiger charge is 2.51. The maximum absolute atomic E-state index is 5.99. The molecule has 0 radical (unpaired) electrons. The summed E-state index contributed by atoms with van der Waals surface area (Å²) in [5.74, 6) is 1.53. The normalized spacial score (nSPS) is 25.4. The number of nitrogens with zero attached hydrogens (tertiary/aromatic N) is 2. The first-order valence-electron chi connectivity index (χ1n) is 7.06. The van der Waals surface area contributed by atoms with Gasteiger partial charge in [0.2, 0.25) is 0 Å². The van der Waals surface area contributed by atoms with Gasteiger partial charge in [-0.3, -0.25) is 0 Å². The molecule has 0 amide bonds. The van der Waals surface area contributed by atoms with Crippen molar-refractivity contribution in [2.24, 2.45) is 0 Å². The first-order valence-corrected chi connectivity index (χ1v) is 7.06. The molecular formula is C14H21BN2O2. The summed E-state index contributed by atoms with van der Waals surface area (Å²) in [6, 6.07) is 0. The van der Waals surface area contributed by atoms with Gasteiger partial charge in [0, 0.05) is 23.8 Å². The van der Waals surface area contributed by atoms with Gasteiger partial charge >= 0.3 is 7.12 Å². The Hall–Kier alpha value is -0.935. The van der Waals surface area contributed by atoms with Gasteiger partial charge in [-0.05, 0) is 40.5 Å². The summed E-state index contributed by atoms with van der Waals surface area (Å²) in [6.45, 7) is 8.21. The number of hydrogen-bond donors (Lipinski definition) is 0. The molecule has 2 aliphatic rings. The minimum atomic E-state index is -0.361. The molecule has 2 fully saturated rings. The number of rotatable bonds is 2. The molecule has 0 atom stereocenters. The van der Waals surface area contributed by atoms with Crippen LogP contribution in [0.2, 0.25) is 0 Å². The Balaban J connectivity index is 1.76. The van der Waals surface area contributed by atoms with Gasteiger partial charge in [-0.25, -0.2) is 9.97 Å². The van der Waals surface area contributed by atoms with Crippen LogP contribution < -0.4 is 5.46 Å². The molecule has 1 saturated heterocycles. The van der Waals surface area contributed by atoms with Gasteiger partial charge in [0.25, 0.3) is 0 Å². The second kappa shape index (κ2) is 4.28. The van der Waals surface area contributed by atoms with Crippen LogP contribution in [0.25, 0.3) is 0 Å². The van der Waals surface area contributed by atoms with Crippen LogP contribution >= 0.6 is 0 Å². The van der Waals surface area contributed by atoms with Crippen molar-refractivity contribution in [3.05, 3.63) is 18.2 Å². The third-order valence-corrected chi connectivity index (χ3v) is 4.69. The molecule has 102 valence electrons. The maximum atomic E-state index is 5.99. The van der Waals surface area contributed by atoms with E-state index in [9.17, 15) is 0 Å². The van der Waals surface area contributed by atoms with Gasteiger partial charge in [-0.15, -0.1) is 0 Å². The predicted molar refractivity (Wildman–Crippen MR) is 74.3 cm³/mol. The van der Waals surface area contributed by atoms with Crippen molar-refractivity contribution in [1.82, 2.24) is 9.97 Å². The maximum Gasteiger partial charge on any atom is 0.498 e. The highest BCUT2D eigenvalue weighted by Crippen LogP contribution is 2.36. The minimum absolute atomic E-state index is 0.315. The van der Waals surface area contributed by atoms with Crippen LogP contribution in [0.5, 0.6) is 0 Å². The first-order chi connectivity index (χ1) is 8.89. The predicted octanol–water partition coefficient (Wildman–Crippen LogP) is 2.04. The van der Waals surface area contributed by atoms with Gasteiger partial charge in [0.15, 0.2) is 0 Å². The Morgan fingerprint density at radius 3 is 2.00 bits per heavy atom. The van der Waals surface area contributed by atoms with Crippen LogP contribution in [0, 0.1) is 0 Å². The summed E-state index contributed by atoms with van der Waals surface area (Å²) in [5, 5.41) is 0. The van der Waals surface area contributed by atoms with Crippen molar-refractivity contribution in [3.63, 3.8) is 0 Å². The van der Waals surface area contributed by atoms with Gasteiger partial charge in [-0.1, -0.05) is 6.42 Å². The van der Waals surface area contributed by atoms with Gasteiger partial charge in [0.05, 0.1) is 11.2 Å². The SMILES string of the molecule is CC1(C)OB(c2cnc(C3CCC3)nc2)OC1(C)C. The molecule has 19 heavy (non-hydrogen) atoms. The molecule has 0 unspecified atom stereocenters. The van der Waals surface area contributed by atoms with E-state index in [0.29, 0.717) is 5.92 Å². The van der Waals surface area contributed by atoms with E-state index < -0.39 is 0 Å². The third kappa shape index (κ3) is 2.19. The fraction of sp³-hybridized carbons (Fsp3) is 0.714. The van der Waals surface area contributed by atoms with Crippen molar-refractivity contribution in [2.75, 3.05) is 0 Å². The van der Waals surface area contributed by atoms with Crippen LogP contribution in [0.15, 0.2) is 12.4 Å². The van der Waals surface area contributed by atoms with E-state index >= 15 is 0 Å². The smallest absolute Gasteiger partial charge is 0.399 e. The number of hydrogen-bond acceptors (Lipinski definition) is 4. The molecule has 4 nitrogen and oxygen atoms in total. The average Bonchev–Trinajstić information content (AvgIpc) is 2.47. The van der Waals surface area contributed by atoms with E-state index in [1.807, 2.05) is 12.4 Å². The van der Waals surface area contributed by atoms with Crippen molar-refractivity contribution >= 4 is 12.6 Å². The summed E-state index contributed by atoms with van der Waals surface area (Å²) in [4.78, 5) is 8.94. The van der Waals surface area contributed by atoms with E-state index in [1.165, 1.54) is 19.3 Å². The summed E-state index contributed by atoms with van der Waals surface area (Å²) in [7, 11) is -0.361. The highest BCUT2D eigenvalue weighted by molar-refractivity contribution is 6.61. The second-order valence-electron chi connectivity index (χ2n) is 6.59. The van der Waals surface area contributed by atoms with Gasteiger partial charge < -0.3 is 9.31 Å². The topological polar surface area (TPSA) is 44.2 Å². The Bertz CT molecular complexity index is 453. The van der Waals surface area contributed by atoms with Crippen molar-refractivity contribution in [1.29, 1.82) is 0 Å². The lowest BCUT2D eigenvalue weighted by atomic mass is 9.80. The first kappa shape index (κ1) is 13.1. The van der Waals surface area contributed by atoms with E-state index in [-0.39, 0.29) is 18.3 Å². The van der Waals surface area contributed by atoms with Crippen LogP contribution in [0.1, 0.15) is 58.7 Å². The Kier molecular flexibility index (Phi) is 2.95. The zero-order valence-electron chi connectivity index (χ0n) is 12.1. The molecule has 0 N–H and O–H groups in total. The largest absolute Gasteiger partial charge is 0.498 e. The lowest BCUT2D eigenvalue weighted by Gasteiger charge is -2.32. The number of aromatic nitrogens is 2. The molecule has 2 heterocycles. The monoisotopic (exact) mass is 260 g/mol. The molecule has 0 spiro atoms. The standard InChI is InChI=1S/C14H21BN2O2/c1-13(2)14(3,4)19-15(18-13)11-8-16-12(17-9-11)10-6-5-7-10/h8-10H,5-7H2,1-4H3. The van der Waals surface area contributed by atoms with Crippen LogP contribution in [0.3, 0.4) is 0 Å². The molecule has 1 aliphatic carbocycles.